The highest BCUT2D eigenvalue weighted by Gasteiger charge is 2.46. The molecule has 0 saturated heterocycles. The van der Waals surface area contributed by atoms with Crippen LogP contribution in [0.3, 0.4) is 0 Å². The van der Waals surface area contributed by atoms with Gasteiger partial charge in [0, 0.05) is 24.2 Å². The first-order valence-corrected chi connectivity index (χ1v) is 9.92. The molecule has 162 valence electrons. The minimum atomic E-state index is -4.54. The molecular weight excluding hydrogens is 401 g/mol. The summed E-state index contributed by atoms with van der Waals surface area (Å²) in [7, 11) is 0. The minimum absolute atomic E-state index is 0.0117. The van der Waals surface area contributed by atoms with Gasteiger partial charge in [-0.25, -0.2) is 0 Å². The van der Waals surface area contributed by atoms with E-state index in [4.69, 9.17) is 14.9 Å². The molecule has 0 bridgehead atoms. The number of aryl methyl sites for hydroxylation is 1. The molecule has 0 aromatic carbocycles. The average Bonchev–Trinajstić information content (AvgIpc) is 3.58. The number of nitrogens with two attached hydrogens (primary N) is 1. The molecule has 0 aliphatic heterocycles. The molecule has 1 amide bonds. The Bertz CT molecular complexity index is 967. The van der Waals surface area contributed by atoms with E-state index in [1.807, 2.05) is 0 Å². The number of halogens is 3. The zero-order chi connectivity index (χ0) is 21.7. The van der Waals surface area contributed by atoms with E-state index in [2.05, 4.69) is 15.2 Å². The number of pyridine rings is 1. The highest BCUT2D eigenvalue weighted by Crippen LogP contribution is 2.52. The van der Waals surface area contributed by atoms with Gasteiger partial charge >= 0.3 is 6.18 Å². The first kappa shape index (κ1) is 20.6. The summed E-state index contributed by atoms with van der Waals surface area (Å²) in [4.78, 5) is 16.5. The number of amides is 1. The SMILES string of the molecule is Cc1nnc(C(C)(CC2CC2)c2c(C(N)=O)ncc(C3CC3)c2OCC(F)(F)F)o1. The third-order valence-corrected chi connectivity index (χ3v) is 5.63. The summed E-state index contributed by atoms with van der Waals surface area (Å²) in [6.07, 6.45) is 0.960. The van der Waals surface area contributed by atoms with E-state index in [0.717, 1.165) is 25.7 Å². The molecular formula is C20H23F3N4O3. The van der Waals surface area contributed by atoms with E-state index in [0.29, 0.717) is 23.8 Å². The Kier molecular flexibility index (Phi) is 4.98. The standard InChI is InChI=1S/C20H23F3N4O3/c1-10-26-27-18(30-10)19(2,7-11-3-4-11)14-15(17(24)28)25-8-13(12-5-6-12)16(14)29-9-20(21,22)23/h8,11-12H,3-7,9H2,1-2H3,(H2,24,28). The maximum absolute atomic E-state index is 13.1. The number of nitrogens with zero attached hydrogens (tertiary/aromatic N) is 3. The smallest absolute Gasteiger partial charge is 0.422 e. The predicted molar refractivity (Wildman–Crippen MR) is 99.1 cm³/mol. The van der Waals surface area contributed by atoms with Crippen LogP contribution in [0.15, 0.2) is 10.6 Å². The summed E-state index contributed by atoms with van der Waals surface area (Å²) in [6.45, 7) is 1.92. The lowest BCUT2D eigenvalue weighted by atomic mass is 9.75. The van der Waals surface area contributed by atoms with Crippen LogP contribution in [-0.4, -0.2) is 33.9 Å². The number of rotatable bonds is 8. The lowest BCUT2D eigenvalue weighted by Crippen LogP contribution is -2.32. The van der Waals surface area contributed by atoms with Gasteiger partial charge in [-0.1, -0.05) is 12.8 Å². The highest BCUT2D eigenvalue weighted by molar-refractivity contribution is 5.94. The van der Waals surface area contributed by atoms with Crippen molar-refractivity contribution >= 4 is 5.91 Å². The number of aromatic nitrogens is 3. The molecule has 2 aromatic heterocycles. The fourth-order valence-corrected chi connectivity index (χ4v) is 3.92. The van der Waals surface area contributed by atoms with Gasteiger partial charge in [-0.3, -0.25) is 9.78 Å². The Morgan fingerprint density at radius 2 is 1.97 bits per heavy atom. The number of hydrogen-bond donors (Lipinski definition) is 1. The lowest BCUT2D eigenvalue weighted by Gasteiger charge is -2.31. The number of carbonyl (C=O) groups excluding carboxylic acids is 1. The molecule has 2 aliphatic rings. The van der Waals surface area contributed by atoms with E-state index in [9.17, 15) is 18.0 Å². The number of ether oxygens (including phenoxy) is 1. The summed E-state index contributed by atoms with van der Waals surface area (Å²) < 4.78 is 50.2. The van der Waals surface area contributed by atoms with Crippen LogP contribution in [-0.2, 0) is 5.41 Å². The van der Waals surface area contributed by atoms with Gasteiger partial charge in [0.05, 0.1) is 5.41 Å². The maximum Gasteiger partial charge on any atom is 0.422 e. The van der Waals surface area contributed by atoms with Crippen molar-refractivity contribution in [2.24, 2.45) is 11.7 Å². The van der Waals surface area contributed by atoms with Gasteiger partial charge in [-0.05, 0) is 38.0 Å². The summed E-state index contributed by atoms with van der Waals surface area (Å²) in [5, 5.41) is 8.03. The Labute approximate surface area is 171 Å². The van der Waals surface area contributed by atoms with E-state index >= 15 is 0 Å². The lowest BCUT2D eigenvalue weighted by molar-refractivity contribution is -0.153. The van der Waals surface area contributed by atoms with Crippen molar-refractivity contribution in [3.05, 3.63) is 34.8 Å². The summed E-state index contributed by atoms with van der Waals surface area (Å²) in [6, 6.07) is 0. The zero-order valence-electron chi connectivity index (χ0n) is 16.8. The molecule has 2 saturated carbocycles. The number of carbonyl (C=O) groups is 1. The van der Waals surface area contributed by atoms with Crippen molar-refractivity contribution in [1.29, 1.82) is 0 Å². The Morgan fingerprint density at radius 1 is 1.27 bits per heavy atom. The Balaban J connectivity index is 1.93. The first-order valence-electron chi connectivity index (χ1n) is 9.92. The average molecular weight is 424 g/mol. The molecule has 4 rings (SSSR count). The minimum Gasteiger partial charge on any atom is -0.483 e. The van der Waals surface area contributed by atoms with Gasteiger partial charge < -0.3 is 14.9 Å². The molecule has 0 spiro atoms. The second-order valence-electron chi connectivity index (χ2n) is 8.41. The van der Waals surface area contributed by atoms with Crippen LogP contribution in [0.4, 0.5) is 13.2 Å². The zero-order valence-corrected chi connectivity index (χ0v) is 16.8. The van der Waals surface area contributed by atoms with Crippen molar-refractivity contribution in [2.45, 2.75) is 63.5 Å². The molecule has 2 heterocycles. The number of primary amides is 1. The van der Waals surface area contributed by atoms with Crippen LogP contribution in [0.25, 0.3) is 0 Å². The summed E-state index contributed by atoms with van der Waals surface area (Å²) in [5.74, 6) is 0.0526. The fourth-order valence-electron chi connectivity index (χ4n) is 3.92. The van der Waals surface area contributed by atoms with Crippen LogP contribution >= 0.6 is 0 Å². The molecule has 1 unspecified atom stereocenters. The predicted octanol–water partition coefficient (Wildman–Crippen LogP) is 3.80. The first-order chi connectivity index (χ1) is 14.1. The molecule has 10 heteroatoms. The van der Waals surface area contributed by atoms with Crippen molar-refractivity contribution in [2.75, 3.05) is 6.61 Å². The third kappa shape index (κ3) is 4.13. The molecule has 2 aromatic rings. The monoisotopic (exact) mass is 424 g/mol. The van der Waals surface area contributed by atoms with Crippen molar-refractivity contribution in [3.8, 4) is 5.75 Å². The van der Waals surface area contributed by atoms with E-state index in [-0.39, 0.29) is 28.8 Å². The second-order valence-corrected chi connectivity index (χ2v) is 8.41. The number of hydrogen-bond acceptors (Lipinski definition) is 6. The van der Waals surface area contributed by atoms with E-state index in [1.54, 1.807) is 13.8 Å². The Hall–Kier alpha value is -2.65. The van der Waals surface area contributed by atoms with Crippen LogP contribution in [0.1, 0.15) is 78.3 Å². The molecule has 2 aliphatic carbocycles. The summed E-state index contributed by atoms with van der Waals surface area (Å²) in [5.41, 5.74) is 5.16. The normalized spacial score (nSPS) is 18.8. The van der Waals surface area contributed by atoms with Gasteiger partial charge in [-0.15, -0.1) is 10.2 Å². The molecule has 0 radical (unpaired) electrons. The van der Waals surface area contributed by atoms with Gasteiger partial charge in [0.25, 0.3) is 5.91 Å². The van der Waals surface area contributed by atoms with Crippen molar-refractivity contribution in [3.63, 3.8) is 0 Å². The number of alkyl halides is 3. The maximum atomic E-state index is 13.1. The quantitative estimate of drug-likeness (QED) is 0.691. The van der Waals surface area contributed by atoms with Crippen molar-refractivity contribution in [1.82, 2.24) is 15.2 Å². The second kappa shape index (κ2) is 7.24. The van der Waals surface area contributed by atoms with Crippen LogP contribution in [0, 0.1) is 12.8 Å². The van der Waals surface area contributed by atoms with Crippen LogP contribution < -0.4 is 10.5 Å². The van der Waals surface area contributed by atoms with Crippen molar-refractivity contribution < 1.29 is 27.1 Å². The fraction of sp³-hybridized carbons (Fsp3) is 0.600. The van der Waals surface area contributed by atoms with Gasteiger partial charge in [0.2, 0.25) is 11.8 Å². The molecule has 2 N–H and O–H groups in total. The van der Waals surface area contributed by atoms with Crippen LogP contribution in [0.5, 0.6) is 5.75 Å². The van der Waals surface area contributed by atoms with Crippen LogP contribution in [0.2, 0.25) is 0 Å². The molecule has 30 heavy (non-hydrogen) atoms. The molecule has 2 fully saturated rings. The van der Waals surface area contributed by atoms with Gasteiger partial charge in [-0.2, -0.15) is 13.2 Å². The Morgan fingerprint density at radius 3 is 2.47 bits per heavy atom. The van der Waals surface area contributed by atoms with Gasteiger partial charge in [0.1, 0.15) is 11.4 Å². The topological polar surface area (TPSA) is 104 Å². The van der Waals surface area contributed by atoms with E-state index in [1.165, 1.54) is 6.20 Å². The molecule has 1 atom stereocenters. The van der Waals surface area contributed by atoms with E-state index < -0.39 is 24.1 Å². The third-order valence-electron chi connectivity index (χ3n) is 5.63. The highest BCUT2D eigenvalue weighted by atomic mass is 19.4. The van der Waals surface area contributed by atoms with Gasteiger partial charge in [0.15, 0.2) is 6.61 Å². The summed E-state index contributed by atoms with van der Waals surface area (Å²) >= 11 is 0. The molecule has 7 nitrogen and oxygen atoms in total. The largest absolute Gasteiger partial charge is 0.483 e.